The highest BCUT2D eigenvalue weighted by atomic mass is 35.5. The zero-order valence-corrected chi connectivity index (χ0v) is 14.0. The van der Waals surface area contributed by atoms with Crippen LogP contribution in [0.15, 0.2) is 52.9 Å². The van der Waals surface area contributed by atoms with Crippen LogP contribution in [0.25, 0.3) is 22.6 Å². The Morgan fingerprint density at radius 1 is 1.04 bits per heavy atom. The fourth-order valence-corrected chi connectivity index (χ4v) is 2.61. The van der Waals surface area contributed by atoms with Crippen molar-refractivity contribution in [3.05, 3.63) is 64.5 Å². The minimum absolute atomic E-state index is 0.0461. The number of carboxylic acids is 1. The molecule has 0 aliphatic carbocycles. The number of carbonyl (C=O) groups is 1. The normalized spacial score (nSPS) is 10.8. The van der Waals surface area contributed by atoms with Gasteiger partial charge in [-0.25, -0.2) is 4.98 Å². The maximum Gasteiger partial charge on any atom is 0.303 e. The van der Waals surface area contributed by atoms with E-state index in [2.05, 4.69) is 4.98 Å². The van der Waals surface area contributed by atoms with Gasteiger partial charge in [0.1, 0.15) is 5.69 Å². The molecule has 2 aromatic carbocycles. The zero-order chi connectivity index (χ0) is 17.1. The molecule has 122 valence electrons. The molecule has 0 radical (unpaired) electrons. The number of rotatable bonds is 5. The van der Waals surface area contributed by atoms with Gasteiger partial charge < -0.3 is 9.52 Å². The lowest BCUT2D eigenvalue weighted by Crippen LogP contribution is -1.97. The van der Waals surface area contributed by atoms with Crippen LogP contribution < -0.4 is 0 Å². The molecule has 0 aliphatic heterocycles. The van der Waals surface area contributed by atoms with Crippen LogP contribution in [0.3, 0.4) is 0 Å². The van der Waals surface area contributed by atoms with Crippen LogP contribution in [-0.2, 0) is 11.2 Å². The van der Waals surface area contributed by atoms with E-state index in [0.29, 0.717) is 27.4 Å². The van der Waals surface area contributed by atoms with E-state index >= 15 is 0 Å². The van der Waals surface area contributed by atoms with Crippen LogP contribution >= 0.6 is 23.2 Å². The molecule has 24 heavy (non-hydrogen) atoms. The lowest BCUT2D eigenvalue weighted by atomic mass is 10.1. The zero-order valence-electron chi connectivity index (χ0n) is 12.5. The number of aryl methyl sites for hydroxylation is 1. The molecule has 0 amide bonds. The second kappa shape index (κ2) is 7.07. The third kappa shape index (κ3) is 3.61. The molecule has 0 bridgehead atoms. The van der Waals surface area contributed by atoms with Crippen molar-refractivity contribution in [1.82, 2.24) is 4.98 Å². The maximum atomic E-state index is 10.8. The van der Waals surface area contributed by atoms with Gasteiger partial charge in [0.2, 0.25) is 0 Å². The van der Waals surface area contributed by atoms with Crippen molar-refractivity contribution in [3.63, 3.8) is 0 Å². The van der Waals surface area contributed by atoms with Crippen molar-refractivity contribution in [2.24, 2.45) is 0 Å². The van der Waals surface area contributed by atoms with Gasteiger partial charge in [0.15, 0.2) is 11.7 Å². The number of aromatic nitrogens is 1. The predicted molar refractivity (Wildman–Crippen MR) is 93.4 cm³/mol. The molecular formula is C18H13Cl2NO3. The highest BCUT2D eigenvalue weighted by Gasteiger charge is 2.18. The number of halogens is 2. The molecule has 0 atom stereocenters. The molecule has 0 saturated heterocycles. The van der Waals surface area contributed by atoms with Crippen molar-refractivity contribution in [1.29, 1.82) is 0 Å². The lowest BCUT2D eigenvalue weighted by molar-refractivity contribution is -0.137. The first kappa shape index (κ1) is 16.6. The monoisotopic (exact) mass is 361 g/mol. The summed E-state index contributed by atoms with van der Waals surface area (Å²) in [5, 5.41) is 9.72. The van der Waals surface area contributed by atoms with E-state index in [1.165, 1.54) is 0 Å². The minimum atomic E-state index is -0.898. The molecule has 3 aromatic rings. The number of hydrogen-bond acceptors (Lipinski definition) is 3. The molecule has 6 heteroatoms. The Morgan fingerprint density at radius 3 is 2.46 bits per heavy atom. The fourth-order valence-electron chi connectivity index (χ4n) is 2.31. The molecule has 0 unspecified atom stereocenters. The van der Waals surface area contributed by atoms with Crippen molar-refractivity contribution >= 4 is 29.2 Å². The van der Waals surface area contributed by atoms with Gasteiger partial charge in [-0.2, -0.15) is 0 Å². The van der Waals surface area contributed by atoms with Crippen LogP contribution in [-0.4, -0.2) is 16.1 Å². The van der Waals surface area contributed by atoms with E-state index in [9.17, 15) is 4.79 Å². The van der Waals surface area contributed by atoms with E-state index in [1.807, 2.05) is 30.3 Å². The Kier molecular flexibility index (Phi) is 4.88. The summed E-state index contributed by atoms with van der Waals surface area (Å²) < 4.78 is 5.83. The third-order valence-corrected chi connectivity index (χ3v) is 4.19. The van der Waals surface area contributed by atoms with Gasteiger partial charge >= 0.3 is 5.97 Å². The summed E-state index contributed by atoms with van der Waals surface area (Å²) in [5.41, 5.74) is 2.22. The molecule has 0 aliphatic rings. The van der Waals surface area contributed by atoms with Gasteiger partial charge in [0.05, 0.1) is 16.5 Å². The molecule has 0 fully saturated rings. The van der Waals surface area contributed by atoms with Crippen molar-refractivity contribution in [2.45, 2.75) is 12.8 Å². The number of aliphatic carboxylic acids is 1. The SMILES string of the molecule is O=C(O)CCc1nc(-c2ccc(Cl)c(Cl)c2)c(-c2ccccc2)o1. The molecular weight excluding hydrogens is 349 g/mol. The van der Waals surface area contributed by atoms with Gasteiger partial charge in [-0.3, -0.25) is 4.79 Å². The Morgan fingerprint density at radius 2 is 1.79 bits per heavy atom. The largest absolute Gasteiger partial charge is 0.481 e. The Balaban J connectivity index is 2.08. The first-order valence-electron chi connectivity index (χ1n) is 7.27. The van der Waals surface area contributed by atoms with Crippen LogP contribution in [0, 0.1) is 0 Å². The second-order valence-corrected chi connectivity index (χ2v) is 5.99. The van der Waals surface area contributed by atoms with Crippen LogP contribution in [0.1, 0.15) is 12.3 Å². The van der Waals surface area contributed by atoms with E-state index in [1.54, 1.807) is 18.2 Å². The lowest BCUT2D eigenvalue weighted by Gasteiger charge is -2.03. The summed E-state index contributed by atoms with van der Waals surface area (Å²) in [4.78, 5) is 15.3. The molecule has 1 aromatic heterocycles. The summed E-state index contributed by atoms with van der Waals surface area (Å²) in [6.07, 6.45) is 0.173. The van der Waals surface area contributed by atoms with Gasteiger partial charge in [-0.05, 0) is 12.1 Å². The number of carboxylic acid groups (broad SMARTS) is 1. The summed E-state index contributed by atoms with van der Waals surface area (Å²) in [7, 11) is 0. The summed E-state index contributed by atoms with van der Waals surface area (Å²) >= 11 is 12.1. The summed E-state index contributed by atoms with van der Waals surface area (Å²) in [6.45, 7) is 0. The standard InChI is InChI=1S/C18H13Cl2NO3/c19-13-7-6-12(10-14(13)20)17-18(11-4-2-1-3-5-11)24-15(21-17)8-9-16(22)23/h1-7,10H,8-9H2,(H,22,23). The van der Waals surface area contributed by atoms with Gasteiger partial charge in [0.25, 0.3) is 0 Å². The molecule has 1 heterocycles. The first-order chi connectivity index (χ1) is 11.5. The van der Waals surface area contributed by atoms with Crippen molar-refractivity contribution in [2.75, 3.05) is 0 Å². The molecule has 0 saturated carbocycles. The van der Waals surface area contributed by atoms with Crippen molar-refractivity contribution < 1.29 is 14.3 Å². The van der Waals surface area contributed by atoms with E-state index in [4.69, 9.17) is 32.7 Å². The van der Waals surface area contributed by atoms with Crippen molar-refractivity contribution in [3.8, 4) is 22.6 Å². The molecule has 0 spiro atoms. The molecule has 1 N–H and O–H groups in total. The Hall–Kier alpha value is -2.30. The highest BCUT2D eigenvalue weighted by Crippen LogP contribution is 2.35. The maximum absolute atomic E-state index is 10.8. The Bertz CT molecular complexity index is 875. The number of nitrogens with zero attached hydrogens (tertiary/aromatic N) is 1. The van der Waals surface area contributed by atoms with Gasteiger partial charge in [0, 0.05) is 17.5 Å². The van der Waals surface area contributed by atoms with Gasteiger partial charge in [-0.15, -0.1) is 0 Å². The van der Waals surface area contributed by atoms with E-state index in [0.717, 1.165) is 11.1 Å². The molecule has 3 rings (SSSR count). The quantitative estimate of drug-likeness (QED) is 0.666. The Labute approximate surface area is 148 Å². The van der Waals surface area contributed by atoms with Crippen LogP contribution in [0.5, 0.6) is 0 Å². The van der Waals surface area contributed by atoms with Crippen LogP contribution in [0.4, 0.5) is 0 Å². The summed E-state index contributed by atoms with van der Waals surface area (Å²) in [6, 6.07) is 14.7. The number of oxazole rings is 1. The van der Waals surface area contributed by atoms with Gasteiger partial charge in [-0.1, -0.05) is 59.6 Å². The average Bonchev–Trinajstić information content (AvgIpc) is 3.00. The third-order valence-electron chi connectivity index (χ3n) is 3.45. The predicted octanol–water partition coefficient (Wildman–Crippen LogP) is 5.33. The van der Waals surface area contributed by atoms with E-state index < -0.39 is 5.97 Å². The van der Waals surface area contributed by atoms with E-state index in [-0.39, 0.29) is 12.8 Å². The molecule has 4 nitrogen and oxygen atoms in total. The summed E-state index contributed by atoms with van der Waals surface area (Å²) in [5.74, 6) is 0.0530. The fraction of sp³-hybridized carbons (Fsp3) is 0.111. The van der Waals surface area contributed by atoms with Crippen LogP contribution in [0.2, 0.25) is 10.0 Å². The number of benzene rings is 2. The number of hydrogen-bond donors (Lipinski definition) is 1. The average molecular weight is 362 g/mol. The highest BCUT2D eigenvalue weighted by molar-refractivity contribution is 6.42. The minimum Gasteiger partial charge on any atom is -0.481 e. The topological polar surface area (TPSA) is 63.3 Å². The second-order valence-electron chi connectivity index (χ2n) is 5.17. The first-order valence-corrected chi connectivity index (χ1v) is 8.02. The smallest absolute Gasteiger partial charge is 0.303 e.